The SMILES string of the molecule is CC1CCN(C(=O)CSc2nnc3c4c5c(sc4nc(C(C)C)n23)C[C@@H](C)CC5)CC1. The van der Waals surface area contributed by atoms with E-state index in [9.17, 15) is 4.79 Å². The normalized spacial score (nSPS) is 20.2. The fourth-order valence-electron chi connectivity index (χ4n) is 4.79. The van der Waals surface area contributed by atoms with Gasteiger partial charge in [-0.05, 0) is 49.5 Å². The standard InChI is InChI=1S/C23H31N5OS2/c1-13(2)20-24-22-19(16-6-5-15(4)11-17(16)31-22)21-25-26-23(28(20)21)30-12-18(29)27-9-7-14(3)8-10-27/h13-15H,5-12H2,1-4H3/t15-/m0/s1. The van der Waals surface area contributed by atoms with Crippen molar-refractivity contribution in [3.63, 3.8) is 0 Å². The van der Waals surface area contributed by atoms with Gasteiger partial charge in [-0.2, -0.15) is 0 Å². The number of thioether (sulfide) groups is 1. The molecule has 0 radical (unpaired) electrons. The second-order valence-electron chi connectivity index (χ2n) is 9.65. The van der Waals surface area contributed by atoms with Crippen molar-refractivity contribution in [1.29, 1.82) is 0 Å². The van der Waals surface area contributed by atoms with Crippen molar-refractivity contribution < 1.29 is 4.79 Å². The third-order valence-corrected chi connectivity index (χ3v) is 8.83. The summed E-state index contributed by atoms with van der Waals surface area (Å²) >= 11 is 3.34. The summed E-state index contributed by atoms with van der Waals surface area (Å²) in [5.74, 6) is 3.30. The van der Waals surface area contributed by atoms with E-state index >= 15 is 0 Å². The number of hydrogen-bond donors (Lipinski definition) is 0. The zero-order valence-electron chi connectivity index (χ0n) is 18.8. The van der Waals surface area contributed by atoms with Gasteiger partial charge in [-0.15, -0.1) is 21.5 Å². The van der Waals surface area contributed by atoms with E-state index in [1.54, 1.807) is 0 Å². The van der Waals surface area contributed by atoms with E-state index in [0.29, 0.717) is 5.75 Å². The number of fused-ring (bicyclic) bond motifs is 5. The lowest BCUT2D eigenvalue weighted by Crippen LogP contribution is -2.38. The fourth-order valence-corrected chi connectivity index (χ4v) is 7.02. The Bertz CT molecular complexity index is 1130. The number of hydrogen-bond acceptors (Lipinski definition) is 6. The topological polar surface area (TPSA) is 63.4 Å². The Balaban J connectivity index is 1.49. The Kier molecular flexibility index (Phi) is 5.71. The van der Waals surface area contributed by atoms with Crippen molar-refractivity contribution >= 4 is 44.9 Å². The van der Waals surface area contributed by atoms with Gasteiger partial charge in [-0.25, -0.2) is 4.98 Å². The minimum atomic E-state index is 0.204. The molecule has 3 aromatic rings. The molecule has 1 fully saturated rings. The monoisotopic (exact) mass is 457 g/mol. The molecule has 0 saturated carbocycles. The third-order valence-electron chi connectivity index (χ3n) is 6.77. The summed E-state index contributed by atoms with van der Waals surface area (Å²) in [6.07, 6.45) is 5.65. The molecule has 2 aliphatic rings. The first kappa shape index (κ1) is 21.2. The molecule has 1 amide bonds. The first-order chi connectivity index (χ1) is 14.9. The van der Waals surface area contributed by atoms with Crippen LogP contribution in [0.2, 0.25) is 0 Å². The van der Waals surface area contributed by atoms with Crippen LogP contribution in [0.4, 0.5) is 0 Å². The van der Waals surface area contributed by atoms with E-state index < -0.39 is 0 Å². The van der Waals surface area contributed by atoms with Crippen LogP contribution in [0, 0.1) is 11.8 Å². The zero-order valence-corrected chi connectivity index (χ0v) is 20.5. The summed E-state index contributed by atoms with van der Waals surface area (Å²) in [6, 6.07) is 0. The van der Waals surface area contributed by atoms with Crippen molar-refractivity contribution in [3.05, 3.63) is 16.3 Å². The van der Waals surface area contributed by atoms with Gasteiger partial charge in [0.1, 0.15) is 10.7 Å². The lowest BCUT2D eigenvalue weighted by molar-refractivity contribution is -0.129. The number of amides is 1. The maximum Gasteiger partial charge on any atom is 0.233 e. The Hall–Kier alpha value is -1.67. The van der Waals surface area contributed by atoms with Crippen LogP contribution in [0.5, 0.6) is 0 Å². The molecule has 4 heterocycles. The summed E-state index contributed by atoms with van der Waals surface area (Å²) in [6.45, 7) is 10.7. The molecule has 0 spiro atoms. The van der Waals surface area contributed by atoms with Gasteiger partial charge in [0.15, 0.2) is 10.8 Å². The van der Waals surface area contributed by atoms with Gasteiger partial charge in [-0.3, -0.25) is 9.20 Å². The Morgan fingerprint density at radius 2 is 1.94 bits per heavy atom. The minimum Gasteiger partial charge on any atom is -0.342 e. The second-order valence-corrected chi connectivity index (χ2v) is 11.7. The molecule has 5 rings (SSSR count). The highest BCUT2D eigenvalue weighted by atomic mass is 32.2. The highest BCUT2D eigenvalue weighted by Crippen LogP contribution is 2.40. The number of rotatable bonds is 4. The summed E-state index contributed by atoms with van der Waals surface area (Å²) in [5.41, 5.74) is 2.34. The second kappa shape index (κ2) is 8.35. The van der Waals surface area contributed by atoms with Crippen LogP contribution in [0.1, 0.15) is 69.1 Å². The first-order valence-electron chi connectivity index (χ1n) is 11.5. The number of piperidine rings is 1. The summed E-state index contributed by atoms with van der Waals surface area (Å²) in [4.78, 5) is 22.4. The first-order valence-corrected chi connectivity index (χ1v) is 13.3. The maximum atomic E-state index is 12.8. The number of carbonyl (C=O) groups is 1. The van der Waals surface area contributed by atoms with Gasteiger partial charge in [0.05, 0.1) is 11.1 Å². The molecule has 1 atom stereocenters. The molecule has 166 valence electrons. The largest absolute Gasteiger partial charge is 0.342 e. The van der Waals surface area contributed by atoms with Gasteiger partial charge in [0.2, 0.25) is 5.91 Å². The van der Waals surface area contributed by atoms with E-state index in [1.165, 1.54) is 34.0 Å². The molecular weight excluding hydrogens is 426 g/mol. The Morgan fingerprint density at radius 1 is 1.16 bits per heavy atom. The molecule has 0 unspecified atom stereocenters. The Labute approximate surface area is 191 Å². The molecule has 6 nitrogen and oxygen atoms in total. The quantitative estimate of drug-likeness (QED) is 0.519. The van der Waals surface area contributed by atoms with Crippen molar-refractivity contribution in [1.82, 2.24) is 24.5 Å². The summed E-state index contributed by atoms with van der Waals surface area (Å²) in [7, 11) is 0. The van der Waals surface area contributed by atoms with E-state index in [-0.39, 0.29) is 11.8 Å². The lowest BCUT2D eigenvalue weighted by atomic mass is 9.89. The van der Waals surface area contributed by atoms with Gasteiger partial charge < -0.3 is 4.90 Å². The minimum absolute atomic E-state index is 0.204. The van der Waals surface area contributed by atoms with Crippen LogP contribution in [-0.4, -0.2) is 49.2 Å². The molecule has 1 saturated heterocycles. The average Bonchev–Trinajstić information content (AvgIpc) is 3.32. The smallest absolute Gasteiger partial charge is 0.233 e. The van der Waals surface area contributed by atoms with E-state index in [4.69, 9.17) is 4.98 Å². The highest BCUT2D eigenvalue weighted by Gasteiger charge is 2.27. The molecule has 0 bridgehead atoms. The molecule has 8 heteroatoms. The van der Waals surface area contributed by atoms with Crippen LogP contribution >= 0.6 is 23.1 Å². The predicted molar refractivity (Wildman–Crippen MR) is 127 cm³/mol. The van der Waals surface area contributed by atoms with Crippen molar-refractivity contribution in [2.45, 2.75) is 70.9 Å². The number of likely N-dealkylation sites (tertiary alicyclic amines) is 1. The molecule has 1 aliphatic carbocycles. The zero-order chi connectivity index (χ0) is 21.7. The maximum absolute atomic E-state index is 12.8. The average molecular weight is 458 g/mol. The molecule has 0 N–H and O–H groups in total. The molecular formula is C23H31N5OS2. The molecule has 1 aliphatic heterocycles. The van der Waals surface area contributed by atoms with Gasteiger partial charge in [0.25, 0.3) is 0 Å². The van der Waals surface area contributed by atoms with Crippen LogP contribution in [-0.2, 0) is 17.6 Å². The van der Waals surface area contributed by atoms with Gasteiger partial charge in [-0.1, -0.05) is 39.5 Å². The van der Waals surface area contributed by atoms with Crippen LogP contribution in [0.25, 0.3) is 15.9 Å². The van der Waals surface area contributed by atoms with Gasteiger partial charge in [0, 0.05) is 23.9 Å². The fraction of sp³-hybridized carbons (Fsp3) is 0.652. The van der Waals surface area contributed by atoms with Crippen LogP contribution < -0.4 is 0 Å². The van der Waals surface area contributed by atoms with E-state index in [0.717, 1.165) is 72.1 Å². The van der Waals surface area contributed by atoms with Gasteiger partial charge >= 0.3 is 0 Å². The number of carbonyl (C=O) groups excluding carboxylic acids is 1. The predicted octanol–water partition coefficient (Wildman–Crippen LogP) is 4.94. The highest BCUT2D eigenvalue weighted by molar-refractivity contribution is 7.99. The van der Waals surface area contributed by atoms with Crippen molar-refractivity contribution in [2.24, 2.45) is 11.8 Å². The van der Waals surface area contributed by atoms with Crippen molar-refractivity contribution in [2.75, 3.05) is 18.8 Å². The number of nitrogens with zero attached hydrogens (tertiary/aromatic N) is 5. The van der Waals surface area contributed by atoms with Crippen LogP contribution in [0.15, 0.2) is 5.16 Å². The van der Waals surface area contributed by atoms with Crippen molar-refractivity contribution in [3.8, 4) is 0 Å². The molecule has 0 aromatic carbocycles. The summed E-state index contributed by atoms with van der Waals surface area (Å²) < 4.78 is 2.12. The molecule has 3 aromatic heterocycles. The molecule has 31 heavy (non-hydrogen) atoms. The lowest BCUT2D eigenvalue weighted by Gasteiger charge is -2.30. The Morgan fingerprint density at radius 3 is 2.68 bits per heavy atom. The third kappa shape index (κ3) is 3.86. The number of thiophene rings is 1. The summed E-state index contributed by atoms with van der Waals surface area (Å²) in [5, 5.41) is 11.1. The number of aryl methyl sites for hydroxylation is 1. The number of aromatic nitrogens is 4. The van der Waals surface area contributed by atoms with Crippen LogP contribution in [0.3, 0.4) is 0 Å². The van der Waals surface area contributed by atoms with E-state index in [2.05, 4.69) is 42.3 Å². The van der Waals surface area contributed by atoms with E-state index in [1.807, 2.05) is 16.2 Å².